The van der Waals surface area contributed by atoms with Gasteiger partial charge in [-0.1, -0.05) is 38.5 Å². The standard InChI is InChI=1S/3C20H32NP.Ru/c3*1-21(2)17-13-15-20(16-14-17)22(18-9-5-3-6-10-18)19-11-7-4-8-12-19;/h3*13-16,18-19H,3-12H2,1-2H3;/p+3. The molecule has 3 nitrogen and oxygen atoms in total. The van der Waals surface area contributed by atoms with Crippen LogP contribution in [0.3, 0.4) is 0 Å². The number of rotatable bonds is 12. The first kappa shape index (κ1) is 55.3. The summed E-state index contributed by atoms with van der Waals surface area (Å²) in [5.41, 5.74) is 10.3. The second kappa shape index (κ2) is 29.5. The molecule has 0 N–H and O–H groups in total. The molecule has 0 aliphatic heterocycles. The Kier molecular flexibility index (Phi) is 24.3. The Balaban J connectivity index is 0.000000165. The molecule has 0 aromatic heterocycles. The first-order chi connectivity index (χ1) is 32.3. The van der Waals surface area contributed by atoms with Gasteiger partial charge in [-0.05, 0) is 227 Å². The molecule has 67 heavy (non-hydrogen) atoms. The van der Waals surface area contributed by atoms with Gasteiger partial charge < -0.3 is 14.7 Å². The monoisotopic (exact) mass is 1060 g/mol. The molecule has 0 heterocycles. The fourth-order valence-electron chi connectivity index (χ4n) is 13.8. The maximum Gasteiger partial charge on any atom is 0.0922 e. The molecule has 0 atom stereocenters. The molecule has 6 aliphatic carbocycles. The second-order valence-corrected chi connectivity index (χ2v) is 32.1. The van der Waals surface area contributed by atoms with E-state index in [9.17, 15) is 0 Å². The van der Waals surface area contributed by atoms with E-state index >= 15 is 0 Å². The fourth-order valence-corrected chi connectivity index (χ4v) is 26.4. The van der Waals surface area contributed by atoms with E-state index in [0.29, 0.717) is 0 Å². The largest absolute Gasteiger partial charge is 0.378 e. The van der Waals surface area contributed by atoms with Crippen molar-refractivity contribution < 1.29 is 19.5 Å². The van der Waals surface area contributed by atoms with E-state index in [4.69, 9.17) is 0 Å². The summed E-state index contributed by atoms with van der Waals surface area (Å²) in [6.07, 6.45) is 44.9. The first-order valence-corrected chi connectivity index (χ1v) is 33.2. The van der Waals surface area contributed by atoms with Crippen molar-refractivity contribution in [3.05, 3.63) is 72.8 Å². The van der Waals surface area contributed by atoms with Crippen LogP contribution in [0.25, 0.3) is 0 Å². The molecular formula is C60H99N3P3Ru+3. The number of nitrogens with zero attached hydrogens (tertiary/aromatic N) is 3. The van der Waals surface area contributed by atoms with Gasteiger partial charge in [-0.15, -0.1) is 0 Å². The zero-order valence-electron chi connectivity index (χ0n) is 43.8. The van der Waals surface area contributed by atoms with Crippen molar-refractivity contribution in [1.82, 2.24) is 0 Å². The molecule has 0 spiro atoms. The summed E-state index contributed by atoms with van der Waals surface area (Å²) in [5.74, 6) is 0. The van der Waals surface area contributed by atoms with Crippen molar-refractivity contribution in [2.45, 2.75) is 227 Å². The quantitative estimate of drug-likeness (QED) is 0.132. The maximum absolute atomic E-state index is 2.48. The third kappa shape index (κ3) is 16.5. The van der Waals surface area contributed by atoms with Crippen LogP contribution in [0.2, 0.25) is 0 Å². The summed E-state index contributed by atoms with van der Waals surface area (Å²) in [6.45, 7) is 0. The van der Waals surface area contributed by atoms with E-state index in [1.165, 1.54) is 210 Å². The molecule has 3 aromatic carbocycles. The van der Waals surface area contributed by atoms with Crippen LogP contribution < -0.4 is 30.6 Å². The molecular weight excluding hydrogens is 957 g/mol. The third-order valence-electron chi connectivity index (χ3n) is 17.4. The van der Waals surface area contributed by atoms with Gasteiger partial charge in [0, 0.05) is 103 Å². The summed E-state index contributed by atoms with van der Waals surface area (Å²) < 4.78 is 0. The fraction of sp³-hybridized carbons (Fsp3) is 0.700. The molecule has 6 saturated carbocycles. The minimum Gasteiger partial charge on any atom is -0.378 e. The van der Waals surface area contributed by atoms with Crippen LogP contribution in [0.1, 0.15) is 193 Å². The van der Waals surface area contributed by atoms with Crippen molar-refractivity contribution in [2.24, 2.45) is 0 Å². The predicted octanol–water partition coefficient (Wildman–Crippen LogP) is 15.8. The number of hydrogen-bond acceptors (Lipinski definition) is 3. The van der Waals surface area contributed by atoms with Crippen LogP contribution in [0.5, 0.6) is 0 Å². The van der Waals surface area contributed by atoms with Gasteiger partial charge >= 0.3 is 0 Å². The van der Waals surface area contributed by atoms with Gasteiger partial charge in [-0.25, -0.2) is 0 Å². The van der Waals surface area contributed by atoms with Crippen molar-refractivity contribution in [2.75, 3.05) is 57.0 Å². The Hall–Kier alpha value is -1.03. The summed E-state index contributed by atoms with van der Waals surface area (Å²) in [7, 11) is 11.7. The maximum atomic E-state index is 2.48. The molecule has 0 unspecified atom stereocenters. The summed E-state index contributed by atoms with van der Waals surface area (Å²) in [4.78, 5) is 6.66. The van der Waals surface area contributed by atoms with E-state index in [0.717, 1.165) is 34.0 Å². The van der Waals surface area contributed by atoms with Crippen LogP contribution in [0.4, 0.5) is 17.1 Å². The summed E-state index contributed by atoms with van der Waals surface area (Å²) >= 11 is 0. The van der Waals surface area contributed by atoms with E-state index in [2.05, 4.69) is 130 Å². The molecule has 0 saturated heterocycles. The Labute approximate surface area is 430 Å². The van der Waals surface area contributed by atoms with E-state index < -0.39 is 0 Å². The average Bonchev–Trinajstić information content (AvgIpc) is 3.37. The van der Waals surface area contributed by atoms with Gasteiger partial charge in [-0.3, -0.25) is 0 Å². The normalized spacial score (nSPS) is 20.9. The van der Waals surface area contributed by atoms with Crippen LogP contribution in [-0.2, 0) is 19.5 Å². The van der Waals surface area contributed by atoms with Gasteiger partial charge in [0.25, 0.3) is 0 Å². The molecule has 6 fully saturated rings. The Morgan fingerprint density at radius 1 is 0.254 bits per heavy atom. The Morgan fingerprint density at radius 2 is 0.403 bits per heavy atom. The van der Waals surface area contributed by atoms with Crippen LogP contribution >= 0.6 is 23.8 Å². The first-order valence-electron chi connectivity index (χ1n) is 28.2. The minimum absolute atomic E-state index is 0. The Bertz CT molecular complexity index is 1490. The number of anilines is 3. The van der Waals surface area contributed by atoms with Gasteiger partial charge in [0.1, 0.15) is 0 Å². The number of benzene rings is 3. The van der Waals surface area contributed by atoms with E-state index in [1.54, 1.807) is 15.9 Å². The second-order valence-electron chi connectivity index (χ2n) is 22.7. The molecule has 374 valence electrons. The summed E-state index contributed by atoms with van der Waals surface area (Å²) in [5, 5.41) is 5.19. The van der Waals surface area contributed by atoms with Crippen LogP contribution in [-0.4, -0.2) is 76.2 Å². The zero-order valence-corrected chi connectivity index (χ0v) is 48.5. The average molecular weight is 1060 g/mol. The number of hydrogen-bond donors (Lipinski definition) is 0. The molecule has 0 amide bonds. The van der Waals surface area contributed by atoms with Crippen LogP contribution in [0.15, 0.2) is 72.8 Å². The predicted molar refractivity (Wildman–Crippen MR) is 307 cm³/mol. The van der Waals surface area contributed by atoms with E-state index in [-0.39, 0.29) is 43.2 Å². The minimum atomic E-state index is -0.384. The van der Waals surface area contributed by atoms with Gasteiger partial charge in [0.15, 0.2) is 0 Å². The topological polar surface area (TPSA) is 9.72 Å². The van der Waals surface area contributed by atoms with Gasteiger partial charge in [0.05, 0.1) is 49.9 Å². The Morgan fingerprint density at radius 3 is 0.537 bits per heavy atom. The van der Waals surface area contributed by atoms with Crippen molar-refractivity contribution >= 4 is 56.7 Å². The van der Waals surface area contributed by atoms with E-state index in [1.807, 2.05) is 0 Å². The summed E-state index contributed by atoms with van der Waals surface area (Å²) in [6, 6.07) is 29.0. The third-order valence-corrected chi connectivity index (χ3v) is 29.2. The van der Waals surface area contributed by atoms with Crippen molar-refractivity contribution in [3.8, 4) is 0 Å². The molecule has 3 aromatic rings. The molecule has 7 heteroatoms. The molecule has 0 radical (unpaired) electrons. The SMILES string of the molecule is CN(C)c1ccc([PH+](C2CCCCC2)C2CCCCC2)cc1.CN(C)c1ccc([PH+](C2CCCCC2)C2CCCCC2)cc1.CN(C)c1ccc([PH+](C2CCCCC2)C2CCCCC2)cc1.[Ru]. The molecule has 9 rings (SSSR count). The molecule has 0 bridgehead atoms. The van der Waals surface area contributed by atoms with Crippen LogP contribution in [0, 0.1) is 0 Å². The van der Waals surface area contributed by atoms with Crippen molar-refractivity contribution in [3.63, 3.8) is 0 Å². The van der Waals surface area contributed by atoms with Gasteiger partial charge in [0.2, 0.25) is 0 Å². The molecule has 6 aliphatic rings. The zero-order chi connectivity index (χ0) is 46.1. The smallest absolute Gasteiger partial charge is 0.0922 e. The van der Waals surface area contributed by atoms with Gasteiger partial charge in [-0.2, -0.15) is 0 Å². The van der Waals surface area contributed by atoms with Crippen molar-refractivity contribution in [1.29, 1.82) is 0 Å².